The van der Waals surface area contributed by atoms with Crippen molar-refractivity contribution in [1.82, 2.24) is 0 Å². The van der Waals surface area contributed by atoms with Gasteiger partial charge in [0, 0.05) is 12.6 Å². The summed E-state index contributed by atoms with van der Waals surface area (Å²) in [5.41, 5.74) is 11.9. The molecule has 0 spiro atoms. The molecule has 0 heterocycles. The van der Waals surface area contributed by atoms with Gasteiger partial charge in [0.05, 0.1) is 0 Å². The highest BCUT2D eigenvalue weighted by Crippen LogP contribution is 2.37. The van der Waals surface area contributed by atoms with E-state index < -0.39 is 0 Å². The van der Waals surface area contributed by atoms with Gasteiger partial charge >= 0.3 is 0 Å². The minimum atomic E-state index is 0.211. The standard InChI is InChI=1S/C9H20N2/c1-9(8(11)7-10)5-3-2-4-6-9/h8H,2-7,10-11H2,1H3. The van der Waals surface area contributed by atoms with E-state index in [2.05, 4.69) is 6.92 Å². The fraction of sp³-hybridized carbons (Fsp3) is 1.00. The number of nitrogens with two attached hydrogens (primary N) is 2. The molecule has 0 aromatic rings. The minimum absolute atomic E-state index is 0.211. The summed E-state index contributed by atoms with van der Waals surface area (Å²) in [6, 6.07) is 0.211. The Hall–Kier alpha value is -0.0800. The van der Waals surface area contributed by atoms with E-state index >= 15 is 0 Å². The van der Waals surface area contributed by atoms with E-state index in [0.717, 1.165) is 0 Å². The maximum Gasteiger partial charge on any atom is 0.0217 e. The van der Waals surface area contributed by atoms with Crippen LogP contribution in [0.15, 0.2) is 0 Å². The summed E-state index contributed by atoms with van der Waals surface area (Å²) in [4.78, 5) is 0. The van der Waals surface area contributed by atoms with E-state index in [1.165, 1.54) is 32.1 Å². The Morgan fingerprint density at radius 3 is 2.27 bits per heavy atom. The van der Waals surface area contributed by atoms with Gasteiger partial charge in [0.25, 0.3) is 0 Å². The van der Waals surface area contributed by atoms with Gasteiger partial charge in [-0.2, -0.15) is 0 Å². The zero-order valence-corrected chi connectivity index (χ0v) is 7.47. The van der Waals surface area contributed by atoms with Crippen molar-refractivity contribution in [1.29, 1.82) is 0 Å². The molecule has 0 aliphatic heterocycles. The molecular weight excluding hydrogens is 136 g/mol. The highest BCUT2D eigenvalue weighted by Gasteiger charge is 2.31. The Balaban J connectivity index is 2.49. The summed E-state index contributed by atoms with van der Waals surface area (Å²) in [5.74, 6) is 0. The molecule has 1 aliphatic carbocycles. The second-order valence-corrected chi connectivity index (χ2v) is 4.06. The highest BCUT2D eigenvalue weighted by atomic mass is 14.8. The topological polar surface area (TPSA) is 52.0 Å². The van der Waals surface area contributed by atoms with Crippen LogP contribution < -0.4 is 11.5 Å². The van der Waals surface area contributed by atoms with Crippen LogP contribution >= 0.6 is 0 Å². The lowest BCUT2D eigenvalue weighted by molar-refractivity contribution is 0.173. The van der Waals surface area contributed by atoms with E-state index in [1.807, 2.05) is 0 Å². The predicted octanol–water partition coefficient (Wildman–Crippen LogP) is 1.24. The maximum absolute atomic E-state index is 5.96. The molecule has 2 nitrogen and oxygen atoms in total. The van der Waals surface area contributed by atoms with Crippen LogP contribution in [0.4, 0.5) is 0 Å². The lowest BCUT2D eigenvalue weighted by Crippen LogP contribution is -2.45. The lowest BCUT2D eigenvalue weighted by Gasteiger charge is -2.38. The normalized spacial score (nSPS) is 26.5. The maximum atomic E-state index is 5.96. The quantitative estimate of drug-likeness (QED) is 0.632. The van der Waals surface area contributed by atoms with Gasteiger partial charge in [-0.05, 0) is 18.3 Å². The highest BCUT2D eigenvalue weighted by molar-refractivity contribution is 4.88. The van der Waals surface area contributed by atoms with E-state index in [-0.39, 0.29) is 6.04 Å². The van der Waals surface area contributed by atoms with Crippen LogP contribution in [0.25, 0.3) is 0 Å². The average molecular weight is 156 g/mol. The molecule has 1 atom stereocenters. The molecule has 66 valence electrons. The van der Waals surface area contributed by atoms with Crippen molar-refractivity contribution in [2.75, 3.05) is 6.54 Å². The molecule has 0 saturated heterocycles. The van der Waals surface area contributed by atoms with Crippen LogP contribution in [0.2, 0.25) is 0 Å². The van der Waals surface area contributed by atoms with Crippen molar-refractivity contribution >= 4 is 0 Å². The first-order valence-electron chi connectivity index (χ1n) is 4.65. The van der Waals surface area contributed by atoms with Gasteiger partial charge < -0.3 is 11.5 Å². The molecule has 0 radical (unpaired) electrons. The van der Waals surface area contributed by atoms with E-state index in [4.69, 9.17) is 11.5 Å². The molecule has 0 aromatic carbocycles. The number of rotatable bonds is 2. The van der Waals surface area contributed by atoms with Crippen LogP contribution in [-0.2, 0) is 0 Å². The van der Waals surface area contributed by atoms with Crippen LogP contribution in [0.3, 0.4) is 0 Å². The third-order valence-corrected chi connectivity index (χ3v) is 3.14. The Kier molecular flexibility index (Phi) is 2.90. The summed E-state index contributed by atoms with van der Waals surface area (Å²) in [6.07, 6.45) is 6.60. The third kappa shape index (κ3) is 1.94. The molecule has 0 bridgehead atoms. The van der Waals surface area contributed by atoms with Gasteiger partial charge in [0.2, 0.25) is 0 Å². The molecule has 1 unspecified atom stereocenters. The summed E-state index contributed by atoms with van der Waals surface area (Å²) < 4.78 is 0. The summed E-state index contributed by atoms with van der Waals surface area (Å²) in [7, 11) is 0. The molecule has 1 saturated carbocycles. The first-order valence-corrected chi connectivity index (χ1v) is 4.65. The number of hydrogen-bond acceptors (Lipinski definition) is 2. The van der Waals surface area contributed by atoms with Crippen LogP contribution in [-0.4, -0.2) is 12.6 Å². The van der Waals surface area contributed by atoms with Gasteiger partial charge in [-0.1, -0.05) is 26.2 Å². The van der Waals surface area contributed by atoms with Crippen molar-refractivity contribution in [3.8, 4) is 0 Å². The van der Waals surface area contributed by atoms with Crippen molar-refractivity contribution in [3.05, 3.63) is 0 Å². The average Bonchev–Trinajstić information content (AvgIpc) is 2.04. The lowest BCUT2D eigenvalue weighted by atomic mass is 9.71. The van der Waals surface area contributed by atoms with Crippen LogP contribution in [0, 0.1) is 5.41 Å². The first-order chi connectivity index (χ1) is 5.19. The fourth-order valence-corrected chi connectivity index (χ4v) is 2.01. The Morgan fingerprint density at radius 2 is 1.82 bits per heavy atom. The van der Waals surface area contributed by atoms with Gasteiger partial charge in [-0.25, -0.2) is 0 Å². The molecule has 2 heteroatoms. The molecule has 11 heavy (non-hydrogen) atoms. The Labute approximate surface area is 69.3 Å². The van der Waals surface area contributed by atoms with Gasteiger partial charge in [-0.3, -0.25) is 0 Å². The molecule has 4 N–H and O–H groups in total. The van der Waals surface area contributed by atoms with Crippen molar-refractivity contribution in [3.63, 3.8) is 0 Å². The molecule has 1 aliphatic rings. The Bertz CT molecular complexity index is 117. The summed E-state index contributed by atoms with van der Waals surface area (Å²) in [5, 5.41) is 0. The minimum Gasteiger partial charge on any atom is -0.329 e. The smallest absolute Gasteiger partial charge is 0.0217 e. The number of hydrogen-bond donors (Lipinski definition) is 2. The van der Waals surface area contributed by atoms with Gasteiger partial charge in [0.15, 0.2) is 0 Å². The van der Waals surface area contributed by atoms with Gasteiger partial charge in [-0.15, -0.1) is 0 Å². The SMILES string of the molecule is CC1(C(N)CN)CCCCC1. The monoisotopic (exact) mass is 156 g/mol. The largest absolute Gasteiger partial charge is 0.329 e. The van der Waals surface area contributed by atoms with Crippen molar-refractivity contribution in [2.45, 2.75) is 45.1 Å². The van der Waals surface area contributed by atoms with Crippen LogP contribution in [0.5, 0.6) is 0 Å². The summed E-state index contributed by atoms with van der Waals surface area (Å²) in [6.45, 7) is 2.92. The molecule has 1 rings (SSSR count). The summed E-state index contributed by atoms with van der Waals surface area (Å²) >= 11 is 0. The first kappa shape index (κ1) is 9.01. The van der Waals surface area contributed by atoms with E-state index in [9.17, 15) is 0 Å². The zero-order valence-electron chi connectivity index (χ0n) is 7.47. The third-order valence-electron chi connectivity index (χ3n) is 3.14. The molecule has 0 aromatic heterocycles. The molecule has 0 amide bonds. The zero-order chi connectivity index (χ0) is 8.32. The van der Waals surface area contributed by atoms with Crippen LogP contribution in [0.1, 0.15) is 39.0 Å². The van der Waals surface area contributed by atoms with Gasteiger partial charge in [0.1, 0.15) is 0 Å². The van der Waals surface area contributed by atoms with E-state index in [1.54, 1.807) is 0 Å². The van der Waals surface area contributed by atoms with Crippen molar-refractivity contribution < 1.29 is 0 Å². The van der Waals surface area contributed by atoms with Crippen molar-refractivity contribution in [2.24, 2.45) is 16.9 Å². The Morgan fingerprint density at radius 1 is 1.27 bits per heavy atom. The fourth-order valence-electron chi connectivity index (χ4n) is 2.01. The second kappa shape index (κ2) is 3.55. The van der Waals surface area contributed by atoms with E-state index in [0.29, 0.717) is 12.0 Å². The molecular formula is C9H20N2. The second-order valence-electron chi connectivity index (χ2n) is 4.06. The predicted molar refractivity (Wildman–Crippen MR) is 48.2 cm³/mol. The molecule has 1 fully saturated rings.